The van der Waals surface area contributed by atoms with E-state index in [0.717, 1.165) is 31.2 Å². The molecule has 1 amide bonds. The van der Waals surface area contributed by atoms with Crippen LogP contribution < -0.4 is 5.73 Å². The summed E-state index contributed by atoms with van der Waals surface area (Å²) in [5.41, 5.74) is 6.78. The Kier molecular flexibility index (Phi) is 6.39. The van der Waals surface area contributed by atoms with Crippen LogP contribution in [0.15, 0.2) is 24.3 Å². The molecule has 1 heterocycles. The van der Waals surface area contributed by atoms with Crippen LogP contribution in [0.1, 0.15) is 37.4 Å². The van der Waals surface area contributed by atoms with Gasteiger partial charge < -0.3 is 15.4 Å². The number of nitrogens with zero attached hydrogens (tertiary/aromatic N) is 1. The highest BCUT2D eigenvalue weighted by molar-refractivity contribution is 5.85. The van der Waals surface area contributed by atoms with Crippen molar-refractivity contribution in [2.45, 2.75) is 37.8 Å². The summed E-state index contributed by atoms with van der Waals surface area (Å²) in [5.74, 6) is -0.0577. The molecule has 3 atom stereocenters. The van der Waals surface area contributed by atoms with E-state index < -0.39 is 0 Å². The molecule has 0 radical (unpaired) electrons. The quantitative estimate of drug-likeness (QED) is 0.899. The number of ether oxygens (including phenoxy) is 1. The van der Waals surface area contributed by atoms with Gasteiger partial charge >= 0.3 is 0 Å². The summed E-state index contributed by atoms with van der Waals surface area (Å²) >= 11 is 0. The van der Waals surface area contributed by atoms with Gasteiger partial charge in [-0.25, -0.2) is 4.39 Å². The zero-order valence-electron chi connectivity index (χ0n) is 13.1. The second-order valence-corrected chi connectivity index (χ2v) is 6.32. The number of halogens is 2. The predicted octanol–water partition coefficient (Wildman–Crippen LogP) is 2.66. The number of hydrogen-bond acceptors (Lipinski definition) is 3. The molecule has 0 aromatic heterocycles. The van der Waals surface area contributed by atoms with E-state index in [2.05, 4.69) is 0 Å². The second-order valence-electron chi connectivity index (χ2n) is 6.32. The van der Waals surface area contributed by atoms with Crippen molar-refractivity contribution in [2.24, 2.45) is 11.7 Å². The van der Waals surface area contributed by atoms with Crippen molar-refractivity contribution in [3.63, 3.8) is 0 Å². The summed E-state index contributed by atoms with van der Waals surface area (Å²) in [6.07, 6.45) is 3.49. The Balaban J connectivity index is 0.00000192. The SMILES string of the molecule is Cl.NC1CCCC(C(=O)N2CCOC(c3cccc(F)c3)C2)C1. The highest BCUT2D eigenvalue weighted by Crippen LogP contribution is 2.28. The van der Waals surface area contributed by atoms with Crippen molar-refractivity contribution in [3.8, 4) is 0 Å². The van der Waals surface area contributed by atoms with Crippen LogP contribution in [0.2, 0.25) is 0 Å². The van der Waals surface area contributed by atoms with Crippen LogP contribution in [-0.2, 0) is 9.53 Å². The largest absolute Gasteiger partial charge is 0.370 e. The van der Waals surface area contributed by atoms with Crippen molar-refractivity contribution in [2.75, 3.05) is 19.7 Å². The average Bonchev–Trinajstić information content (AvgIpc) is 2.54. The lowest BCUT2D eigenvalue weighted by Crippen LogP contribution is -2.46. The molecule has 2 fully saturated rings. The van der Waals surface area contributed by atoms with Crippen LogP contribution in [0.4, 0.5) is 4.39 Å². The third-order valence-corrected chi connectivity index (χ3v) is 4.66. The predicted molar refractivity (Wildman–Crippen MR) is 88.9 cm³/mol. The lowest BCUT2D eigenvalue weighted by Gasteiger charge is -2.37. The Morgan fingerprint density at radius 2 is 2.17 bits per heavy atom. The van der Waals surface area contributed by atoms with Crippen LogP contribution >= 0.6 is 12.4 Å². The summed E-state index contributed by atoms with van der Waals surface area (Å²) in [6, 6.07) is 6.56. The van der Waals surface area contributed by atoms with E-state index in [0.29, 0.717) is 19.7 Å². The second kappa shape index (κ2) is 8.08. The fourth-order valence-electron chi connectivity index (χ4n) is 3.47. The molecule has 1 saturated carbocycles. The first-order valence-electron chi connectivity index (χ1n) is 8.05. The van der Waals surface area contributed by atoms with Gasteiger partial charge in [-0.05, 0) is 37.0 Å². The minimum Gasteiger partial charge on any atom is -0.370 e. The molecule has 2 N–H and O–H groups in total. The maximum atomic E-state index is 13.4. The number of benzene rings is 1. The minimum atomic E-state index is -0.275. The molecular formula is C17H24ClFN2O2. The van der Waals surface area contributed by atoms with E-state index in [1.54, 1.807) is 6.07 Å². The Hall–Kier alpha value is -1.17. The molecule has 3 rings (SSSR count). The molecule has 0 bridgehead atoms. The van der Waals surface area contributed by atoms with E-state index in [1.807, 2.05) is 11.0 Å². The maximum Gasteiger partial charge on any atom is 0.225 e. The first-order valence-corrected chi connectivity index (χ1v) is 8.05. The summed E-state index contributed by atoms with van der Waals surface area (Å²) in [5, 5.41) is 0. The van der Waals surface area contributed by atoms with Crippen molar-refractivity contribution >= 4 is 18.3 Å². The van der Waals surface area contributed by atoms with Crippen LogP contribution in [0, 0.1) is 11.7 Å². The smallest absolute Gasteiger partial charge is 0.225 e. The lowest BCUT2D eigenvalue weighted by molar-refractivity contribution is -0.144. The van der Waals surface area contributed by atoms with E-state index in [4.69, 9.17) is 10.5 Å². The van der Waals surface area contributed by atoms with Gasteiger partial charge in [0.25, 0.3) is 0 Å². The number of amides is 1. The number of nitrogens with two attached hydrogens (primary N) is 1. The van der Waals surface area contributed by atoms with Gasteiger partial charge in [-0.1, -0.05) is 18.6 Å². The molecule has 1 aliphatic carbocycles. The third-order valence-electron chi connectivity index (χ3n) is 4.66. The molecule has 1 aliphatic heterocycles. The number of carbonyl (C=O) groups is 1. The number of hydrogen-bond donors (Lipinski definition) is 1. The number of rotatable bonds is 2. The molecule has 2 aliphatic rings. The number of morpholine rings is 1. The highest BCUT2D eigenvalue weighted by atomic mass is 35.5. The Morgan fingerprint density at radius 1 is 1.35 bits per heavy atom. The normalized spacial score (nSPS) is 28.1. The van der Waals surface area contributed by atoms with Crippen LogP contribution in [0.25, 0.3) is 0 Å². The standard InChI is InChI=1S/C17H23FN2O2.ClH/c18-14-5-1-3-12(9-14)16-11-20(7-8-22-16)17(21)13-4-2-6-15(19)10-13;/h1,3,5,9,13,15-16H,2,4,6-8,10-11,19H2;1H. The van der Waals surface area contributed by atoms with Crippen molar-refractivity contribution in [3.05, 3.63) is 35.6 Å². The fraction of sp³-hybridized carbons (Fsp3) is 0.588. The third kappa shape index (κ3) is 4.43. The van der Waals surface area contributed by atoms with E-state index in [9.17, 15) is 9.18 Å². The van der Waals surface area contributed by atoms with Gasteiger partial charge in [0.05, 0.1) is 13.2 Å². The van der Waals surface area contributed by atoms with Gasteiger partial charge in [0.1, 0.15) is 11.9 Å². The van der Waals surface area contributed by atoms with Crippen LogP contribution in [0.3, 0.4) is 0 Å². The van der Waals surface area contributed by atoms with Gasteiger partial charge in [0.15, 0.2) is 0 Å². The first kappa shape index (κ1) is 18.2. The topological polar surface area (TPSA) is 55.6 Å². The van der Waals surface area contributed by atoms with Gasteiger partial charge in [-0.3, -0.25) is 4.79 Å². The molecule has 0 spiro atoms. The Bertz CT molecular complexity index is 543. The summed E-state index contributed by atoms with van der Waals surface area (Å²) in [4.78, 5) is 14.5. The monoisotopic (exact) mass is 342 g/mol. The van der Waals surface area contributed by atoms with Crippen LogP contribution in [0.5, 0.6) is 0 Å². The zero-order chi connectivity index (χ0) is 15.5. The average molecular weight is 343 g/mol. The van der Waals surface area contributed by atoms with Gasteiger partial charge in [0, 0.05) is 18.5 Å². The Morgan fingerprint density at radius 3 is 2.91 bits per heavy atom. The summed E-state index contributed by atoms with van der Waals surface area (Å²) in [6.45, 7) is 1.59. The number of carbonyl (C=O) groups excluding carboxylic acids is 1. The molecular weight excluding hydrogens is 319 g/mol. The minimum absolute atomic E-state index is 0. The fourth-order valence-corrected chi connectivity index (χ4v) is 3.47. The van der Waals surface area contributed by atoms with Crippen molar-refractivity contribution in [1.29, 1.82) is 0 Å². The molecule has 6 heteroatoms. The molecule has 1 aromatic rings. The zero-order valence-corrected chi connectivity index (χ0v) is 13.9. The highest BCUT2D eigenvalue weighted by Gasteiger charge is 2.32. The molecule has 4 nitrogen and oxygen atoms in total. The molecule has 3 unspecified atom stereocenters. The van der Waals surface area contributed by atoms with Gasteiger partial charge in [-0.2, -0.15) is 0 Å². The summed E-state index contributed by atoms with van der Waals surface area (Å²) < 4.78 is 19.1. The molecule has 128 valence electrons. The van der Waals surface area contributed by atoms with Crippen LogP contribution in [-0.4, -0.2) is 36.5 Å². The van der Waals surface area contributed by atoms with Crippen molar-refractivity contribution in [1.82, 2.24) is 4.90 Å². The maximum absolute atomic E-state index is 13.4. The van der Waals surface area contributed by atoms with E-state index in [-0.39, 0.29) is 42.2 Å². The summed E-state index contributed by atoms with van der Waals surface area (Å²) in [7, 11) is 0. The molecule has 23 heavy (non-hydrogen) atoms. The van der Waals surface area contributed by atoms with Gasteiger partial charge in [0.2, 0.25) is 5.91 Å². The molecule has 1 aromatic carbocycles. The molecule has 1 saturated heterocycles. The first-order chi connectivity index (χ1) is 10.6. The van der Waals surface area contributed by atoms with Crippen molar-refractivity contribution < 1.29 is 13.9 Å². The van der Waals surface area contributed by atoms with E-state index >= 15 is 0 Å². The lowest BCUT2D eigenvalue weighted by atomic mass is 9.85. The van der Waals surface area contributed by atoms with E-state index in [1.165, 1.54) is 12.1 Å². The van der Waals surface area contributed by atoms with Gasteiger partial charge in [-0.15, -0.1) is 12.4 Å². The Labute approximate surface area is 142 Å².